The lowest BCUT2D eigenvalue weighted by Gasteiger charge is -2.35. The third kappa shape index (κ3) is 3.70. The van der Waals surface area contributed by atoms with Crippen LogP contribution in [-0.2, 0) is 4.79 Å². The predicted molar refractivity (Wildman–Crippen MR) is 74.3 cm³/mol. The Balaban J connectivity index is 1.85. The van der Waals surface area contributed by atoms with Crippen LogP contribution in [0.4, 0.5) is 0 Å². The van der Waals surface area contributed by atoms with E-state index < -0.39 is 5.54 Å². The van der Waals surface area contributed by atoms with E-state index in [1.165, 1.54) is 6.42 Å². The molecule has 2 atom stereocenters. The van der Waals surface area contributed by atoms with Gasteiger partial charge in [-0.15, -0.1) is 0 Å². The summed E-state index contributed by atoms with van der Waals surface area (Å²) in [6.45, 7) is 6.93. The highest BCUT2D eigenvalue weighted by atomic mass is 16.2. The van der Waals surface area contributed by atoms with E-state index in [4.69, 9.17) is 0 Å². The first kappa shape index (κ1) is 14.3. The number of amides is 1. The molecule has 1 saturated carbocycles. The van der Waals surface area contributed by atoms with Crippen LogP contribution in [0.1, 0.15) is 46.0 Å². The summed E-state index contributed by atoms with van der Waals surface area (Å²) >= 11 is 0. The van der Waals surface area contributed by atoms with Crippen molar-refractivity contribution in [2.24, 2.45) is 11.8 Å². The highest BCUT2D eigenvalue weighted by Crippen LogP contribution is 2.29. The van der Waals surface area contributed by atoms with Crippen molar-refractivity contribution in [1.29, 1.82) is 5.26 Å². The van der Waals surface area contributed by atoms with Crippen LogP contribution in [0.15, 0.2) is 0 Å². The number of nitrogens with one attached hydrogen (secondary N) is 1. The van der Waals surface area contributed by atoms with E-state index in [1.807, 2.05) is 0 Å². The zero-order chi connectivity index (χ0) is 13.9. The van der Waals surface area contributed by atoms with Crippen LogP contribution >= 0.6 is 0 Å². The van der Waals surface area contributed by atoms with Gasteiger partial charge in [0.25, 0.3) is 0 Å². The number of carbonyl (C=O) groups is 1. The number of nitrogens with zero attached hydrogens (tertiary/aromatic N) is 2. The Labute approximate surface area is 116 Å². The standard InChI is InChI=1S/C15H25N3O/c1-12-7-13(2)9-18(8-12)10-14(19)17-15(11-16)5-3-4-6-15/h12-13H,3-10H2,1-2H3,(H,17,19)/t12-,13-/m0/s1. The summed E-state index contributed by atoms with van der Waals surface area (Å²) in [4.78, 5) is 14.4. The number of nitriles is 1. The fourth-order valence-corrected chi connectivity index (χ4v) is 3.67. The second-order valence-corrected chi connectivity index (χ2v) is 6.59. The maximum absolute atomic E-state index is 12.1. The van der Waals surface area contributed by atoms with Gasteiger partial charge in [0.15, 0.2) is 0 Å². The number of hydrogen-bond donors (Lipinski definition) is 1. The van der Waals surface area contributed by atoms with Crippen LogP contribution in [0.3, 0.4) is 0 Å². The summed E-state index contributed by atoms with van der Waals surface area (Å²) in [6.07, 6.45) is 4.96. The molecule has 1 N–H and O–H groups in total. The van der Waals surface area contributed by atoms with Gasteiger partial charge in [-0.05, 0) is 43.9 Å². The molecule has 0 aromatic heterocycles. The van der Waals surface area contributed by atoms with Crippen molar-refractivity contribution in [1.82, 2.24) is 10.2 Å². The van der Waals surface area contributed by atoms with E-state index in [1.54, 1.807) is 0 Å². The highest BCUT2D eigenvalue weighted by molar-refractivity contribution is 5.79. The average molecular weight is 263 g/mol. The Morgan fingerprint density at radius 3 is 2.42 bits per heavy atom. The van der Waals surface area contributed by atoms with Crippen molar-refractivity contribution in [3.8, 4) is 6.07 Å². The van der Waals surface area contributed by atoms with Crippen molar-refractivity contribution < 1.29 is 4.79 Å². The maximum Gasteiger partial charge on any atom is 0.235 e. The van der Waals surface area contributed by atoms with E-state index in [9.17, 15) is 10.1 Å². The van der Waals surface area contributed by atoms with E-state index in [-0.39, 0.29) is 5.91 Å². The molecule has 2 aliphatic rings. The third-order valence-electron chi connectivity index (χ3n) is 4.36. The largest absolute Gasteiger partial charge is 0.337 e. The summed E-state index contributed by atoms with van der Waals surface area (Å²) in [5.41, 5.74) is -0.579. The summed E-state index contributed by atoms with van der Waals surface area (Å²) in [7, 11) is 0. The maximum atomic E-state index is 12.1. The van der Waals surface area contributed by atoms with Crippen molar-refractivity contribution >= 4 is 5.91 Å². The highest BCUT2D eigenvalue weighted by Gasteiger charge is 2.35. The zero-order valence-corrected chi connectivity index (χ0v) is 12.1. The van der Waals surface area contributed by atoms with E-state index >= 15 is 0 Å². The van der Waals surface area contributed by atoms with Gasteiger partial charge >= 0.3 is 0 Å². The van der Waals surface area contributed by atoms with Gasteiger partial charge in [0.1, 0.15) is 5.54 Å². The van der Waals surface area contributed by atoms with Crippen LogP contribution in [0.2, 0.25) is 0 Å². The molecule has 0 aromatic rings. The molecule has 0 spiro atoms. The lowest BCUT2D eigenvalue weighted by Crippen LogP contribution is -2.51. The fourth-order valence-electron chi connectivity index (χ4n) is 3.67. The lowest BCUT2D eigenvalue weighted by atomic mass is 9.92. The third-order valence-corrected chi connectivity index (χ3v) is 4.36. The Hall–Kier alpha value is -1.08. The monoisotopic (exact) mass is 263 g/mol. The number of carbonyl (C=O) groups excluding carboxylic acids is 1. The number of piperidine rings is 1. The second-order valence-electron chi connectivity index (χ2n) is 6.59. The molecule has 0 radical (unpaired) electrons. The molecular weight excluding hydrogens is 238 g/mol. The van der Waals surface area contributed by atoms with Crippen molar-refractivity contribution in [2.75, 3.05) is 19.6 Å². The minimum Gasteiger partial charge on any atom is -0.337 e. The Morgan fingerprint density at radius 2 is 1.89 bits per heavy atom. The molecule has 106 valence electrons. The van der Waals surface area contributed by atoms with Crippen molar-refractivity contribution in [2.45, 2.75) is 51.5 Å². The van der Waals surface area contributed by atoms with Crippen LogP contribution in [-0.4, -0.2) is 36.0 Å². The van der Waals surface area contributed by atoms with E-state index in [0.29, 0.717) is 18.4 Å². The normalized spacial score (nSPS) is 30.8. The summed E-state index contributed by atoms with van der Waals surface area (Å²) in [5.74, 6) is 1.34. The molecule has 0 aromatic carbocycles. The first-order valence-corrected chi connectivity index (χ1v) is 7.47. The Kier molecular flexibility index (Phi) is 4.46. The fraction of sp³-hybridized carbons (Fsp3) is 0.867. The van der Waals surface area contributed by atoms with Gasteiger partial charge in [-0.1, -0.05) is 13.8 Å². The molecule has 19 heavy (non-hydrogen) atoms. The van der Waals surface area contributed by atoms with Gasteiger partial charge in [0, 0.05) is 13.1 Å². The van der Waals surface area contributed by atoms with Crippen LogP contribution in [0.5, 0.6) is 0 Å². The second kappa shape index (κ2) is 5.92. The molecule has 1 amide bonds. The molecule has 0 unspecified atom stereocenters. The molecule has 0 bridgehead atoms. The van der Waals surface area contributed by atoms with Crippen LogP contribution in [0, 0.1) is 23.2 Å². The molecular formula is C15H25N3O. The minimum absolute atomic E-state index is 0.0183. The minimum atomic E-state index is -0.579. The predicted octanol–water partition coefficient (Wildman–Crippen LogP) is 1.92. The number of likely N-dealkylation sites (tertiary alicyclic amines) is 1. The molecule has 1 saturated heterocycles. The van der Waals surface area contributed by atoms with Crippen molar-refractivity contribution in [3.63, 3.8) is 0 Å². The van der Waals surface area contributed by atoms with Gasteiger partial charge in [-0.2, -0.15) is 5.26 Å². The summed E-state index contributed by atoms with van der Waals surface area (Å²) in [6, 6.07) is 2.31. The molecule has 4 heteroatoms. The van der Waals surface area contributed by atoms with Gasteiger partial charge in [-0.25, -0.2) is 0 Å². The lowest BCUT2D eigenvalue weighted by molar-refractivity contribution is -0.124. The van der Waals surface area contributed by atoms with E-state index in [0.717, 1.165) is 38.8 Å². The van der Waals surface area contributed by atoms with Crippen LogP contribution in [0.25, 0.3) is 0 Å². The summed E-state index contributed by atoms with van der Waals surface area (Å²) < 4.78 is 0. The molecule has 2 fully saturated rings. The first-order valence-electron chi connectivity index (χ1n) is 7.47. The van der Waals surface area contributed by atoms with Crippen molar-refractivity contribution in [3.05, 3.63) is 0 Å². The van der Waals surface area contributed by atoms with E-state index in [2.05, 4.69) is 30.1 Å². The van der Waals surface area contributed by atoms with Crippen LogP contribution < -0.4 is 5.32 Å². The first-order chi connectivity index (χ1) is 9.03. The number of hydrogen-bond acceptors (Lipinski definition) is 3. The average Bonchev–Trinajstić information content (AvgIpc) is 2.76. The smallest absolute Gasteiger partial charge is 0.235 e. The Morgan fingerprint density at radius 1 is 1.32 bits per heavy atom. The van der Waals surface area contributed by atoms with Gasteiger partial charge in [0.05, 0.1) is 12.6 Å². The molecule has 2 rings (SSSR count). The molecule has 4 nitrogen and oxygen atoms in total. The van der Waals surface area contributed by atoms with Gasteiger partial charge < -0.3 is 5.32 Å². The van der Waals surface area contributed by atoms with Gasteiger partial charge in [0.2, 0.25) is 5.91 Å². The zero-order valence-electron chi connectivity index (χ0n) is 12.1. The number of rotatable bonds is 3. The quantitative estimate of drug-likeness (QED) is 0.846. The molecule has 1 aliphatic heterocycles. The van der Waals surface area contributed by atoms with Gasteiger partial charge in [-0.3, -0.25) is 9.69 Å². The molecule has 1 heterocycles. The summed E-state index contributed by atoms with van der Waals surface area (Å²) in [5, 5.41) is 12.3. The SMILES string of the molecule is C[C@H]1C[C@H](C)CN(CC(=O)NC2(C#N)CCCC2)C1. The topological polar surface area (TPSA) is 56.1 Å². The Bertz CT molecular complexity index is 358. The molecule has 1 aliphatic carbocycles.